The molecule has 1 aliphatic carbocycles. The van der Waals surface area contributed by atoms with E-state index in [2.05, 4.69) is 19.2 Å². The average Bonchev–Trinajstić information content (AvgIpc) is 2.36. The van der Waals surface area contributed by atoms with Crippen molar-refractivity contribution in [3.05, 3.63) is 0 Å². The molecule has 3 nitrogen and oxygen atoms in total. The summed E-state index contributed by atoms with van der Waals surface area (Å²) in [5, 5.41) is 3.60. The van der Waals surface area contributed by atoms with E-state index in [1.165, 1.54) is 32.1 Å². The molecule has 0 aromatic rings. The first kappa shape index (κ1) is 12.9. The number of hydrogen-bond acceptors (Lipinski definition) is 2. The summed E-state index contributed by atoms with van der Waals surface area (Å²) in [6, 6.07) is 0.974. The molecule has 0 radical (unpaired) electrons. The number of piperidine rings is 1. The van der Waals surface area contributed by atoms with Crippen molar-refractivity contribution < 1.29 is 4.79 Å². The summed E-state index contributed by atoms with van der Waals surface area (Å²) < 4.78 is 0. The van der Waals surface area contributed by atoms with Crippen LogP contribution in [0.3, 0.4) is 0 Å². The predicted molar refractivity (Wildman–Crippen MR) is 69.8 cm³/mol. The SMILES string of the molecule is CC(C)N(C)C(=O)C1CCC2CCCCC2N1. The van der Waals surface area contributed by atoms with Crippen molar-refractivity contribution in [2.24, 2.45) is 5.92 Å². The van der Waals surface area contributed by atoms with Crippen LogP contribution < -0.4 is 5.32 Å². The molecule has 1 saturated carbocycles. The first-order valence-corrected chi connectivity index (χ1v) is 7.12. The van der Waals surface area contributed by atoms with E-state index in [1.807, 2.05) is 11.9 Å². The van der Waals surface area contributed by atoms with E-state index >= 15 is 0 Å². The fourth-order valence-electron chi connectivity index (χ4n) is 3.19. The monoisotopic (exact) mass is 238 g/mol. The molecule has 2 aliphatic rings. The maximum Gasteiger partial charge on any atom is 0.239 e. The molecule has 1 amide bonds. The van der Waals surface area contributed by atoms with Crippen molar-refractivity contribution in [2.75, 3.05) is 7.05 Å². The molecule has 1 aliphatic heterocycles. The molecule has 2 rings (SSSR count). The number of carbonyl (C=O) groups is 1. The Balaban J connectivity index is 1.93. The molecule has 0 spiro atoms. The van der Waals surface area contributed by atoms with Crippen molar-refractivity contribution in [3.8, 4) is 0 Å². The van der Waals surface area contributed by atoms with E-state index in [9.17, 15) is 4.79 Å². The van der Waals surface area contributed by atoms with Crippen LogP contribution in [0, 0.1) is 5.92 Å². The van der Waals surface area contributed by atoms with Gasteiger partial charge < -0.3 is 10.2 Å². The third-order valence-electron chi connectivity index (χ3n) is 4.57. The summed E-state index contributed by atoms with van der Waals surface area (Å²) in [6.45, 7) is 4.15. The van der Waals surface area contributed by atoms with Crippen LogP contribution in [0.2, 0.25) is 0 Å². The number of carbonyl (C=O) groups excluding carboxylic acids is 1. The van der Waals surface area contributed by atoms with Gasteiger partial charge in [0.05, 0.1) is 6.04 Å². The third kappa shape index (κ3) is 2.82. The summed E-state index contributed by atoms with van der Waals surface area (Å²) in [5.41, 5.74) is 0. The summed E-state index contributed by atoms with van der Waals surface area (Å²) >= 11 is 0. The minimum absolute atomic E-state index is 0.0711. The van der Waals surface area contributed by atoms with Gasteiger partial charge in [-0.2, -0.15) is 0 Å². The number of nitrogens with one attached hydrogen (secondary N) is 1. The molecule has 0 aromatic carbocycles. The average molecular weight is 238 g/mol. The Morgan fingerprint density at radius 1 is 1.18 bits per heavy atom. The van der Waals surface area contributed by atoms with Gasteiger partial charge in [-0.15, -0.1) is 0 Å². The molecule has 1 saturated heterocycles. The summed E-state index contributed by atoms with van der Waals surface area (Å²) in [5.74, 6) is 1.11. The Labute approximate surface area is 105 Å². The topological polar surface area (TPSA) is 32.3 Å². The van der Waals surface area contributed by atoms with Crippen LogP contribution in [-0.4, -0.2) is 36.0 Å². The number of likely N-dealkylation sites (N-methyl/N-ethyl adjacent to an activating group) is 1. The van der Waals surface area contributed by atoms with Crippen molar-refractivity contribution in [2.45, 2.75) is 70.5 Å². The zero-order chi connectivity index (χ0) is 12.4. The number of rotatable bonds is 2. The van der Waals surface area contributed by atoms with E-state index < -0.39 is 0 Å². The van der Waals surface area contributed by atoms with Gasteiger partial charge in [-0.05, 0) is 45.4 Å². The zero-order valence-electron chi connectivity index (χ0n) is 11.4. The lowest BCUT2D eigenvalue weighted by molar-refractivity contribution is -0.135. The molecule has 1 N–H and O–H groups in total. The minimum Gasteiger partial charge on any atom is -0.342 e. The first-order chi connectivity index (χ1) is 8.09. The van der Waals surface area contributed by atoms with E-state index in [-0.39, 0.29) is 11.9 Å². The molecule has 3 unspecified atom stereocenters. The van der Waals surface area contributed by atoms with Crippen LogP contribution in [-0.2, 0) is 4.79 Å². The highest BCUT2D eigenvalue weighted by Crippen LogP contribution is 2.32. The number of amides is 1. The Hall–Kier alpha value is -0.570. The van der Waals surface area contributed by atoms with Gasteiger partial charge >= 0.3 is 0 Å². The van der Waals surface area contributed by atoms with Crippen LogP contribution in [0.15, 0.2) is 0 Å². The lowest BCUT2D eigenvalue weighted by Gasteiger charge is -2.41. The van der Waals surface area contributed by atoms with Crippen LogP contribution in [0.5, 0.6) is 0 Å². The highest BCUT2D eigenvalue weighted by atomic mass is 16.2. The summed E-state index contributed by atoms with van der Waals surface area (Å²) in [7, 11) is 1.92. The van der Waals surface area contributed by atoms with Crippen LogP contribution >= 0.6 is 0 Å². The fraction of sp³-hybridized carbons (Fsp3) is 0.929. The Morgan fingerprint density at radius 3 is 2.59 bits per heavy atom. The van der Waals surface area contributed by atoms with Gasteiger partial charge in [-0.3, -0.25) is 4.79 Å². The Bertz CT molecular complexity index is 277. The lowest BCUT2D eigenvalue weighted by atomic mass is 9.77. The van der Waals surface area contributed by atoms with Gasteiger partial charge in [0, 0.05) is 19.1 Å². The normalized spacial score (nSPS) is 33.3. The van der Waals surface area contributed by atoms with Crippen molar-refractivity contribution in [1.29, 1.82) is 0 Å². The third-order valence-corrected chi connectivity index (χ3v) is 4.57. The molecule has 1 heterocycles. The molecule has 0 aromatic heterocycles. The van der Waals surface area contributed by atoms with Gasteiger partial charge in [-0.25, -0.2) is 0 Å². The second kappa shape index (κ2) is 5.38. The maximum absolute atomic E-state index is 12.3. The minimum atomic E-state index is 0.0711. The smallest absolute Gasteiger partial charge is 0.239 e. The molecular formula is C14H26N2O. The van der Waals surface area contributed by atoms with E-state index in [1.54, 1.807) is 0 Å². The van der Waals surface area contributed by atoms with E-state index in [4.69, 9.17) is 0 Å². The molecule has 3 heteroatoms. The van der Waals surface area contributed by atoms with E-state index in [0.29, 0.717) is 12.1 Å². The van der Waals surface area contributed by atoms with Gasteiger partial charge in [0.1, 0.15) is 0 Å². The Morgan fingerprint density at radius 2 is 1.88 bits per heavy atom. The molecule has 17 heavy (non-hydrogen) atoms. The number of nitrogens with zero attached hydrogens (tertiary/aromatic N) is 1. The number of hydrogen-bond donors (Lipinski definition) is 1. The van der Waals surface area contributed by atoms with Crippen LogP contribution in [0.4, 0.5) is 0 Å². The fourth-order valence-corrected chi connectivity index (χ4v) is 3.19. The first-order valence-electron chi connectivity index (χ1n) is 7.12. The second-order valence-corrected chi connectivity index (χ2v) is 5.99. The predicted octanol–water partition coefficient (Wildman–Crippen LogP) is 2.16. The van der Waals surface area contributed by atoms with Gasteiger partial charge in [0.2, 0.25) is 5.91 Å². The van der Waals surface area contributed by atoms with Gasteiger partial charge in [-0.1, -0.05) is 12.8 Å². The van der Waals surface area contributed by atoms with Crippen molar-refractivity contribution >= 4 is 5.91 Å². The van der Waals surface area contributed by atoms with Gasteiger partial charge in [0.25, 0.3) is 0 Å². The highest BCUT2D eigenvalue weighted by molar-refractivity contribution is 5.82. The van der Waals surface area contributed by atoms with E-state index in [0.717, 1.165) is 12.3 Å². The Kier molecular flexibility index (Phi) is 4.08. The molecule has 0 bridgehead atoms. The van der Waals surface area contributed by atoms with Gasteiger partial charge in [0.15, 0.2) is 0 Å². The van der Waals surface area contributed by atoms with Crippen molar-refractivity contribution in [1.82, 2.24) is 10.2 Å². The summed E-state index contributed by atoms with van der Waals surface area (Å²) in [4.78, 5) is 14.2. The number of fused-ring (bicyclic) bond motifs is 1. The standard InChI is InChI=1S/C14H26N2O/c1-10(2)16(3)14(17)13-9-8-11-6-4-5-7-12(11)15-13/h10-13,15H,4-9H2,1-3H3. The molecule has 98 valence electrons. The summed E-state index contributed by atoms with van der Waals surface area (Å²) in [6.07, 6.45) is 7.60. The lowest BCUT2D eigenvalue weighted by Crippen LogP contribution is -2.56. The molecular weight excluding hydrogens is 212 g/mol. The zero-order valence-corrected chi connectivity index (χ0v) is 11.4. The second-order valence-electron chi connectivity index (χ2n) is 5.99. The largest absolute Gasteiger partial charge is 0.342 e. The molecule has 2 fully saturated rings. The maximum atomic E-state index is 12.3. The van der Waals surface area contributed by atoms with Crippen molar-refractivity contribution in [3.63, 3.8) is 0 Å². The highest BCUT2D eigenvalue weighted by Gasteiger charge is 2.35. The van der Waals surface area contributed by atoms with Crippen LogP contribution in [0.25, 0.3) is 0 Å². The molecule has 3 atom stereocenters. The quantitative estimate of drug-likeness (QED) is 0.799. The van der Waals surface area contributed by atoms with Crippen LogP contribution in [0.1, 0.15) is 52.4 Å².